The van der Waals surface area contributed by atoms with Crippen LogP contribution in [0.4, 0.5) is 0 Å². The molecule has 2 atom stereocenters. The number of hydrogen-bond acceptors (Lipinski definition) is 8. The van der Waals surface area contributed by atoms with Crippen LogP contribution >= 0.6 is 11.3 Å². The first-order valence-electron chi connectivity index (χ1n) is 6.50. The highest BCUT2D eigenvalue weighted by atomic mass is 32.3. The molecular weight excluding hydrogens is 366 g/mol. The van der Waals surface area contributed by atoms with Crippen LogP contribution in [0.15, 0.2) is 26.0 Å². The summed E-state index contributed by atoms with van der Waals surface area (Å²) in [6.45, 7) is 4.60. The van der Waals surface area contributed by atoms with E-state index in [1.165, 1.54) is 13.2 Å². The van der Waals surface area contributed by atoms with Gasteiger partial charge < -0.3 is 14.2 Å². The van der Waals surface area contributed by atoms with Gasteiger partial charge in [0.2, 0.25) is 19.9 Å². The Morgan fingerprint density at radius 3 is 2.70 bits per heavy atom. The summed E-state index contributed by atoms with van der Waals surface area (Å²) in [5.41, 5.74) is 0.216. The molecule has 2 heterocycles. The van der Waals surface area contributed by atoms with Crippen molar-refractivity contribution >= 4 is 31.2 Å². The predicted octanol–water partition coefficient (Wildman–Crippen LogP) is 1.11. The molecule has 8 nitrogen and oxygen atoms in total. The van der Waals surface area contributed by atoms with E-state index in [0.717, 1.165) is 0 Å². The third-order valence-electron chi connectivity index (χ3n) is 3.14. The molecule has 1 aromatic rings. The summed E-state index contributed by atoms with van der Waals surface area (Å²) < 4.78 is 63.1. The Hall–Kier alpha value is -0.820. The Morgan fingerprint density at radius 1 is 1.52 bits per heavy atom. The molecule has 0 saturated carbocycles. The van der Waals surface area contributed by atoms with E-state index in [2.05, 4.69) is 6.58 Å². The number of sulfone groups is 1. The second-order valence-corrected chi connectivity index (χ2v) is 9.80. The molecule has 0 radical (unpaired) electrons. The molecule has 0 saturated heterocycles. The Bertz CT molecular complexity index is 810. The van der Waals surface area contributed by atoms with Crippen molar-refractivity contribution in [1.29, 1.82) is 0 Å². The molecular formula is C12H17NO7S3. The van der Waals surface area contributed by atoms with Gasteiger partial charge in [0, 0.05) is 30.6 Å². The van der Waals surface area contributed by atoms with Crippen LogP contribution in [0, 0.1) is 0 Å². The summed E-state index contributed by atoms with van der Waals surface area (Å²) in [4.78, 5) is -0.0656. The molecule has 0 amide bonds. The van der Waals surface area contributed by atoms with Crippen LogP contribution in [0.5, 0.6) is 0 Å². The van der Waals surface area contributed by atoms with Gasteiger partial charge in [0.1, 0.15) is 8.42 Å². The van der Waals surface area contributed by atoms with E-state index in [4.69, 9.17) is 19.3 Å². The van der Waals surface area contributed by atoms with Crippen molar-refractivity contribution in [2.75, 3.05) is 13.7 Å². The normalized spacial score (nSPS) is 21.9. The third-order valence-corrected chi connectivity index (χ3v) is 8.06. The van der Waals surface area contributed by atoms with Gasteiger partial charge in [-0.2, -0.15) is 0 Å². The highest BCUT2D eigenvalue weighted by molar-refractivity contribution is 7.98. The van der Waals surface area contributed by atoms with Crippen LogP contribution in [-0.2, 0) is 34.1 Å². The topological polar surface area (TPSA) is 122 Å². The number of fused-ring (bicyclic) bond motifs is 1. The average Bonchev–Trinajstić information content (AvgIpc) is 2.90. The van der Waals surface area contributed by atoms with E-state index >= 15 is 0 Å². The van der Waals surface area contributed by atoms with Gasteiger partial charge in [-0.05, 0) is 13.0 Å². The summed E-state index contributed by atoms with van der Waals surface area (Å²) in [7, 11) is -6.46. The lowest BCUT2D eigenvalue weighted by Gasteiger charge is -2.27. The lowest BCUT2D eigenvalue weighted by atomic mass is 10.1. The minimum absolute atomic E-state index is 0.0247. The number of hydrogen-bond donors (Lipinski definition) is 1. The van der Waals surface area contributed by atoms with Gasteiger partial charge in [0.15, 0.2) is 0 Å². The number of rotatable bonds is 6. The van der Waals surface area contributed by atoms with Gasteiger partial charge in [0.05, 0.1) is 6.10 Å². The lowest BCUT2D eigenvalue weighted by Crippen LogP contribution is -2.26. The number of thiophene rings is 1. The number of primary sulfonamides is 1. The fraction of sp³-hybridized carbons (Fsp3) is 0.500. The van der Waals surface area contributed by atoms with Crippen molar-refractivity contribution in [2.24, 2.45) is 5.14 Å². The maximum absolute atomic E-state index is 12.3. The maximum atomic E-state index is 12.3. The number of ether oxygens (including phenoxy) is 3. The first kappa shape index (κ1) is 18.5. The highest BCUT2D eigenvalue weighted by Crippen LogP contribution is 2.45. The zero-order valence-electron chi connectivity index (χ0n) is 12.5. The van der Waals surface area contributed by atoms with E-state index in [1.54, 1.807) is 6.92 Å². The monoisotopic (exact) mass is 383 g/mol. The van der Waals surface area contributed by atoms with Gasteiger partial charge in [-0.25, -0.2) is 22.0 Å². The van der Waals surface area contributed by atoms with Crippen LogP contribution in [0.1, 0.15) is 25.0 Å². The van der Waals surface area contributed by atoms with Crippen LogP contribution in [0.25, 0.3) is 0 Å². The van der Waals surface area contributed by atoms with E-state index in [-0.39, 0.29) is 25.3 Å². The summed E-state index contributed by atoms with van der Waals surface area (Å²) >= 11 is 0.581. The van der Waals surface area contributed by atoms with Crippen molar-refractivity contribution in [3.8, 4) is 0 Å². The second-order valence-electron chi connectivity index (χ2n) is 4.70. The van der Waals surface area contributed by atoms with Crippen LogP contribution in [0.2, 0.25) is 0 Å². The number of sulfonamides is 1. The van der Waals surface area contributed by atoms with Gasteiger partial charge in [-0.15, -0.1) is 11.3 Å². The largest absolute Gasteiger partial charge is 0.333 e. The van der Waals surface area contributed by atoms with Gasteiger partial charge in [0.25, 0.3) is 6.48 Å². The summed E-state index contributed by atoms with van der Waals surface area (Å²) in [5, 5.41) is 5.09. The molecule has 1 aliphatic rings. The Morgan fingerprint density at radius 2 is 2.17 bits per heavy atom. The maximum Gasteiger partial charge on any atom is 0.271 e. The SMILES string of the molecule is C=C1CC(OC(OC)OCC)c2cc(S(N)(=O)=O)sc2S1(=O)=O. The Labute approximate surface area is 138 Å². The lowest BCUT2D eigenvalue weighted by molar-refractivity contribution is -0.294. The minimum atomic E-state index is -4.03. The molecule has 2 rings (SSSR count). The zero-order valence-corrected chi connectivity index (χ0v) is 15.0. The number of nitrogens with two attached hydrogens (primary N) is 1. The Kier molecular flexibility index (Phi) is 5.31. The molecule has 0 spiro atoms. The van der Waals surface area contributed by atoms with Gasteiger partial charge in [-0.3, -0.25) is 0 Å². The summed E-state index contributed by atoms with van der Waals surface area (Å²) in [6, 6.07) is 1.21. The molecule has 2 N–H and O–H groups in total. The summed E-state index contributed by atoms with van der Waals surface area (Å²) in [5.74, 6) is 0. The Balaban J connectivity index is 2.49. The quantitative estimate of drug-likeness (QED) is 0.730. The van der Waals surface area contributed by atoms with Crippen molar-refractivity contribution in [2.45, 2.75) is 34.3 Å². The molecule has 0 aliphatic carbocycles. The van der Waals surface area contributed by atoms with Crippen molar-refractivity contribution < 1.29 is 31.0 Å². The first-order chi connectivity index (χ1) is 10.6. The molecule has 23 heavy (non-hydrogen) atoms. The van der Waals surface area contributed by atoms with Crippen LogP contribution < -0.4 is 5.14 Å². The zero-order chi connectivity index (χ0) is 17.4. The fourth-order valence-corrected chi connectivity index (χ4v) is 6.09. The van der Waals surface area contributed by atoms with E-state index in [0.29, 0.717) is 17.9 Å². The fourth-order valence-electron chi connectivity index (χ4n) is 2.05. The highest BCUT2D eigenvalue weighted by Gasteiger charge is 2.38. The van der Waals surface area contributed by atoms with Crippen LogP contribution in [0.3, 0.4) is 0 Å². The van der Waals surface area contributed by atoms with Gasteiger partial charge in [-0.1, -0.05) is 6.58 Å². The summed E-state index contributed by atoms with van der Waals surface area (Å²) in [6.07, 6.45) is -0.785. The van der Waals surface area contributed by atoms with Gasteiger partial charge >= 0.3 is 0 Å². The van der Waals surface area contributed by atoms with E-state index in [1.807, 2.05) is 0 Å². The molecule has 1 aliphatic heterocycles. The molecule has 11 heteroatoms. The molecule has 1 aromatic heterocycles. The first-order valence-corrected chi connectivity index (χ1v) is 10.3. The minimum Gasteiger partial charge on any atom is -0.333 e. The third kappa shape index (κ3) is 3.65. The van der Waals surface area contributed by atoms with Crippen molar-refractivity contribution in [3.63, 3.8) is 0 Å². The molecule has 0 aromatic carbocycles. The molecule has 0 bridgehead atoms. The average molecular weight is 383 g/mol. The van der Waals surface area contributed by atoms with E-state index < -0.39 is 32.4 Å². The second kappa shape index (κ2) is 6.59. The standard InChI is InChI=1S/C12H17NO7S3/c1-4-19-12(18-3)20-9-5-7(2)22(14,15)11-8(9)6-10(21-11)23(13,16)17/h6,9,12H,2,4-5H2,1,3H3,(H2,13,16,17). The smallest absolute Gasteiger partial charge is 0.271 e. The number of methoxy groups -OCH3 is 1. The van der Waals surface area contributed by atoms with Crippen LogP contribution in [-0.4, -0.2) is 37.0 Å². The van der Waals surface area contributed by atoms with Crippen molar-refractivity contribution in [3.05, 3.63) is 23.1 Å². The molecule has 2 unspecified atom stereocenters. The van der Waals surface area contributed by atoms with Crippen molar-refractivity contribution in [1.82, 2.24) is 0 Å². The molecule has 0 fully saturated rings. The molecule has 130 valence electrons. The predicted molar refractivity (Wildman–Crippen MR) is 82.9 cm³/mol. The van der Waals surface area contributed by atoms with E-state index in [9.17, 15) is 16.8 Å².